The van der Waals surface area contributed by atoms with Gasteiger partial charge >= 0.3 is 0 Å². The lowest BCUT2D eigenvalue weighted by molar-refractivity contribution is 0.625. The highest BCUT2D eigenvalue weighted by molar-refractivity contribution is 9.10. The van der Waals surface area contributed by atoms with Gasteiger partial charge in [0.1, 0.15) is 11.3 Å². The smallest absolute Gasteiger partial charge is 0.149 e. The number of hydrogen-bond acceptors (Lipinski definition) is 1. The molecule has 0 atom stereocenters. The van der Waals surface area contributed by atoms with Crippen molar-refractivity contribution in [3.63, 3.8) is 0 Å². The van der Waals surface area contributed by atoms with Gasteiger partial charge < -0.3 is 0 Å². The molecule has 0 saturated heterocycles. The summed E-state index contributed by atoms with van der Waals surface area (Å²) < 4.78 is 36.4. The first-order valence-electron chi connectivity index (χ1n) is 4.73. The van der Waals surface area contributed by atoms with Crippen LogP contribution >= 0.6 is 15.9 Å². The number of rotatable bonds is 0. The molecule has 12 heavy (non-hydrogen) atoms. The second kappa shape index (κ2) is 2.55. The molecule has 2 aromatic rings. The second-order valence-electron chi connectivity index (χ2n) is 2.35. The number of hydrogen-bond donors (Lipinski definition) is 0. The molecule has 0 unspecified atom stereocenters. The van der Waals surface area contributed by atoms with Crippen molar-refractivity contribution in [2.75, 3.05) is 0 Å². The first kappa shape index (κ1) is 4.97. The summed E-state index contributed by atoms with van der Waals surface area (Å²) in [6.07, 6.45) is 1.33. The molecule has 1 heterocycles. The van der Waals surface area contributed by atoms with Crippen LogP contribution in [0.5, 0.6) is 0 Å². The Bertz CT molecular complexity index is 520. The Morgan fingerprint density at radius 1 is 1.67 bits per heavy atom. The van der Waals surface area contributed by atoms with E-state index in [0.717, 1.165) is 0 Å². The van der Waals surface area contributed by atoms with Gasteiger partial charge in [-0.2, -0.15) is 5.10 Å². The molecule has 2 nitrogen and oxygen atoms in total. The number of fused-ring (bicyclic) bond motifs is 1. The fourth-order valence-electron chi connectivity index (χ4n) is 1.07. The SMILES string of the molecule is [2H]C([2H])([2H])n1ncc2c(Br)ccc(F)c21. The summed E-state index contributed by atoms with van der Waals surface area (Å²) in [7, 11) is 0. The van der Waals surface area contributed by atoms with Gasteiger partial charge in [-0.25, -0.2) is 4.39 Å². The molecule has 0 fully saturated rings. The van der Waals surface area contributed by atoms with Crippen molar-refractivity contribution in [3.8, 4) is 0 Å². The third kappa shape index (κ3) is 0.948. The number of halogens is 2. The summed E-state index contributed by atoms with van der Waals surface area (Å²) in [5.74, 6) is -0.596. The third-order valence-corrected chi connectivity index (χ3v) is 2.32. The van der Waals surface area contributed by atoms with Crippen LogP contribution in [0.25, 0.3) is 10.9 Å². The van der Waals surface area contributed by atoms with E-state index in [-0.39, 0.29) is 5.52 Å². The second-order valence-corrected chi connectivity index (χ2v) is 3.20. The topological polar surface area (TPSA) is 17.8 Å². The summed E-state index contributed by atoms with van der Waals surface area (Å²) >= 11 is 3.21. The van der Waals surface area contributed by atoms with E-state index in [2.05, 4.69) is 21.0 Å². The number of aromatic nitrogens is 2. The van der Waals surface area contributed by atoms with Crippen LogP contribution in [-0.2, 0) is 6.98 Å². The van der Waals surface area contributed by atoms with Gasteiger partial charge in [-0.15, -0.1) is 0 Å². The standard InChI is InChI=1S/C8H6BrFN2/c1-12-8-5(4-11-12)6(9)2-3-7(8)10/h2-4H,1H3/i1D3. The molecule has 0 aliphatic carbocycles. The van der Waals surface area contributed by atoms with Gasteiger partial charge in [-0.05, 0) is 12.1 Å². The van der Waals surface area contributed by atoms with E-state index >= 15 is 0 Å². The predicted molar refractivity (Wildman–Crippen MR) is 48.4 cm³/mol. The molecule has 0 aliphatic heterocycles. The normalized spacial score (nSPS) is 15.7. The molecule has 0 spiro atoms. The monoisotopic (exact) mass is 231 g/mol. The Kier molecular flexibility index (Phi) is 1.06. The summed E-state index contributed by atoms with van der Waals surface area (Å²) in [6, 6.07) is 2.72. The van der Waals surface area contributed by atoms with E-state index in [1.165, 1.54) is 18.3 Å². The zero-order chi connectivity index (χ0) is 11.2. The van der Waals surface area contributed by atoms with E-state index in [1.54, 1.807) is 0 Å². The predicted octanol–water partition coefficient (Wildman–Crippen LogP) is 2.47. The Hall–Kier alpha value is -0.900. The average molecular weight is 232 g/mol. The van der Waals surface area contributed by atoms with Crippen molar-refractivity contribution in [1.29, 1.82) is 0 Å². The van der Waals surface area contributed by atoms with Gasteiger partial charge in [0.25, 0.3) is 0 Å². The molecule has 0 N–H and O–H groups in total. The van der Waals surface area contributed by atoms with Gasteiger partial charge in [0.15, 0.2) is 0 Å². The lowest BCUT2D eigenvalue weighted by Crippen LogP contribution is -1.91. The third-order valence-electron chi connectivity index (χ3n) is 1.63. The first-order valence-corrected chi connectivity index (χ1v) is 4.03. The van der Waals surface area contributed by atoms with Crippen LogP contribution in [0.2, 0.25) is 0 Å². The maximum atomic E-state index is 13.5. The van der Waals surface area contributed by atoms with Crippen molar-refractivity contribution >= 4 is 26.8 Å². The van der Waals surface area contributed by atoms with E-state index in [9.17, 15) is 4.39 Å². The molecular weight excluding hydrogens is 223 g/mol. The van der Waals surface area contributed by atoms with Gasteiger partial charge in [0, 0.05) is 20.9 Å². The maximum Gasteiger partial charge on any atom is 0.149 e. The van der Waals surface area contributed by atoms with Crippen molar-refractivity contribution in [1.82, 2.24) is 9.78 Å². The molecule has 1 aromatic carbocycles. The molecule has 62 valence electrons. The van der Waals surface area contributed by atoms with E-state index in [1.807, 2.05) is 0 Å². The van der Waals surface area contributed by atoms with Gasteiger partial charge in [0.2, 0.25) is 0 Å². The zero-order valence-corrected chi connectivity index (χ0v) is 7.47. The Morgan fingerprint density at radius 2 is 2.50 bits per heavy atom. The minimum atomic E-state index is -2.47. The van der Waals surface area contributed by atoms with E-state index in [0.29, 0.717) is 14.5 Å². The highest BCUT2D eigenvalue weighted by atomic mass is 79.9. The van der Waals surface area contributed by atoms with Crippen molar-refractivity contribution in [3.05, 3.63) is 28.6 Å². The fourth-order valence-corrected chi connectivity index (χ4v) is 1.49. The van der Waals surface area contributed by atoms with Crippen LogP contribution < -0.4 is 0 Å². The summed E-state index contributed by atoms with van der Waals surface area (Å²) in [5.41, 5.74) is -0.00984. The highest BCUT2D eigenvalue weighted by Gasteiger charge is 2.07. The van der Waals surface area contributed by atoms with Crippen molar-refractivity contribution < 1.29 is 8.50 Å². The first-order chi connectivity index (χ1) is 6.91. The summed E-state index contributed by atoms with van der Waals surface area (Å²) in [4.78, 5) is 0. The van der Waals surface area contributed by atoms with Crippen LogP contribution in [-0.4, -0.2) is 9.78 Å². The largest absolute Gasteiger partial charge is 0.265 e. The number of nitrogens with zero attached hydrogens (tertiary/aromatic N) is 2. The summed E-state index contributed by atoms with van der Waals surface area (Å²) in [6.45, 7) is -2.47. The fraction of sp³-hybridized carbons (Fsp3) is 0.125. The minimum absolute atomic E-state index is 0.00984. The molecule has 0 bridgehead atoms. The quantitative estimate of drug-likeness (QED) is 0.682. The Labute approximate surface area is 81.3 Å². The van der Waals surface area contributed by atoms with Crippen LogP contribution in [0.15, 0.2) is 22.8 Å². The lowest BCUT2D eigenvalue weighted by atomic mass is 10.2. The van der Waals surface area contributed by atoms with Crippen molar-refractivity contribution in [2.24, 2.45) is 6.98 Å². The molecular formula is C8H6BrFN2. The van der Waals surface area contributed by atoms with E-state index in [4.69, 9.17) is 4.11 Å². The van der Waals surface area contributed by atoms with Gasteiger partial charge in [-0.1, -0.05) is 15.9 Å². The van der Waals surface area contributed by atoms with Crippen LogP contribution in [0.4, 0.5) is 4.39 Å². The van der Waals surface area contributed by atoms with Gasteiger partial charge in [0.05, 0.1) is 6.20 Å². The van der Waals surface area contributed by atoms with Crippen molar-refractivity contribution in [2.45, 2.75) is 0 Å². The zero-order valence-electron chi connectivity index (χ0n) is 8.88. The van der Waals surface area contributed by atoms with Gasteiger partial charge in [-0.3, -0.25) is 4.68 Å². The molecule has 0 saturated carbocycles. The number of aryl methyl sites for hydroxylation is 1. The molecule has 2 rings (SSSR count). The number of benzene rings is 1. The maximum absolute atomic E-state index is 13.5. The molecule has 0 amide bonds. The minimum Gasteiger partial charge on any atom is -0.265 e. The van der Waals surface area contributed by atoms with Crippen LogP contribution in [0.3, 0.4) is 0 Å². The molecule has 0 radical (unpaired) electrons. The van der Waals surface area contributed by atoms with Crippen LogP contribution in [0, 0.1) is 5.82 Å². The van der Waals surface area contributed by atoms with Crippen LogP contribution in [0.1, 0.15) is 4.11 Å². The molecule has 1 aromatic heterocycles. The van der Waals surface area contributed by atoms with E-state index < -0.39 is 12.8 Å². The summed E-state index contributed by atoms with van der Waals surface area (Å²) in [5, 5.41) is 4.12. The Morgan fingerprint density at radius 3 is 3.25 bits per heavy atom. The Balaban J connectivity index is 2.85. The lowest BCUT2D eigenvalue weighted by Gasteiger charge is -1.97. The average Bonchev–Trinajstić information content (AvgIpc) is 2.55. The molecule has 4 heteroatoms. The highest BCUT2D eigenvalue weighted by Crippen LogP contribution is 2.24. The molecule has 0 aliphatic rings.